The molecule has 0 spiro atoms. The molecule has 0 radical (unpaired) electrons. The molecular formula is C30H29BrN2O5S. The van der Waals surface area contributed by atoms with E-state index in [0.717, 1.165) is 52.3 Å². The summed E-state index contributed by atoms with van der Waals surface area (Å²) in [5, 5.41) is 1.83. The number of fused-ring (bicyclic) bond motifs is 1. The number of hydrogen-bond acceptors (Lipinski definition) is 6. The van der Waals surface area contributed by atoms with Crippen molar-refractivity contribution in [3.63, 3.8) is 0 Å². The molecule has 39 heavy (non-hydrogen) atoms. The van der Waals surface area contributed by atoms with Crippen molar-refractivity contribution in [2.75, 3.05) is 26.2 Å². The lowest BCUT2D eigenvalue weighted by molar-refractivity contribution is -0.136. The van der Waals surface area contributed by atoms with Gasteiger partial charge in [0.15, 0.2) is 11.5 Å². The summed E-state index contributed by atoms with van der Waals surface area (Å²) in [5.74, 6) is 0.438. The largest absolute Gasteiger partial charge is 0.490 e. The molecule has 202 valence electrons. The van der Waals surface area contributed by atoms with Crippen LogP contribution in [-0.4, -0.2) is 53.1 Å². The third-order valence-electron chi connectivity index (χ3n) is 6.76. The number of ether oxygens (including phenoxy) is 2. The molecule has 9 heteroatoms. The highest BCUT2D eigenvalue weighted by atomic mass is 79.9. The second kappa shape index (κ2) is 12.3. The van der Waals surface area contributed by atoms with E-state index in [9.17, 15) is 14.4 Å². The Hall–Kier alpha value is -3.30. The maximum absolute atomic E-state index is 13.0. The molecule has 0 aromatic heterocycles. The Balaban J connectivity index is 1.34. The molecule has 2 aliphatic heterocycles. The van der Waals surface area contributed by atoms with E-state index in [0.29, 0.717) is 47.8 Å². The van der Waals surface area contributed by atoms with Gasteiger partial charge in [-0.05, 0) is 94.0 Å². The van der Waals surface area contributed by atoms with Gasteiger partial charge in [0, 0.05) is 13.1 Å². The van der Waals surface area contributed by atoms with Crippen molar-refractivity contribution in [2.24, 2.45) is 0 Å². The maximum atomic E-state index is 13.0. The van der Waals surface area contributed by atoms with E-state index < -0.39 is 11.1 Å². The highest BCUT2D eigenvalue weighted by Gasteiger charge is 2.37. The maximum Gasteiger partial charge on any atom is 0.294 e. The smallest absolute Gasteiger partial charge is 0.294 e. The van der Waals surface area contributed by atoms with E-state index in [4.69, 9.17) is 9.47 Å². The van der Waals surface area contributed by atoms with Crippen LogP contribution in [-0.2, 0) is 16.2 Å². The van der Waals surface area contributed by atoms with Crippen LogP contribution in [0.15, 0.2) is 64.0 Å². The Morgan fingerprint density at radius 2 is 1.79 bits per heavy atom. The van der Waals surface area contributed by atoms with Crippen molar-refractivity contribution in [3.05, 3.63) is 75.1 Å². The number of piperidine rings is 1. The summed E-state index contributed by atoms with van der Waals surface area (Å²) in [4.78, 5) is 41.4. The van der Waals surface area contributed by atoms with Crippen molar-refractivity contribution < 1.29 is 23.9 Å². The zero-order valence-electron chi connectivity index (χ0n) is 21.7. The van der Waals surface area contributed by atoms with Crippen LogP contribution < -0.4 is 9.47 Å². The molecule has 0 atom stereocenters. The molecule has 0 unspecified atom stereocenters. The lowest BCUT2D eigenvalue weighted by Crippen LogP contribution is -2.44. The third-order valence-corrected chi connectivity index (χ3v) is 8.25. The minimum Gasteiger partial charge on any atom is -0.490 e. The molecular weight excluding hydrogens is 580 g/mol. The van der Waals surface area contributed by atoms with Crippen LogP contribution in [0, 0.1) is 0 Å². The van der Waals surface area contributed by atoms with E-state index in [1.807, 2.05) is 37.3 Å². The average Bonchev–Trinajstić information content (AvgIpc) is 3.20. The number of thioether (sulfide) groups is 1. The second-order valence-corrected chi connectivity index (χ2v) is 11.2. The number of nitrogens with zero attached hydrogens (tertiary/aromatic N) is 2. The molecule has 0 bridgehead atoms. The zero-order valence-corrected chi connectivity index (χ0v) is 24.1. The Kier molecular flexibility index (Phi) is 8.57. The van der Waals surface area contributed by atoms with Crippen LogP contribution in [0.25, 0.3) is 16.8 Å². The van der Waals surface area contributed by atoms with Crippen molar-refractivity contribution in [1.29, 1.82) is 0 Å². The van der Waals surface area contributed by atoms with Gasteiger partial charge in [-0.1, -0.05) is 42.5 Å². The predicted octanol–water partition coefficient (Wildman–Crippen LogP) is 6.63. The van der Waals surface area contributed by atoms with Gasteiger partial charge in [0.05, 0.1) is 16.0 Å². The van der Waals surface area contributed by atoms with Gasteiger partial charge in [0.25, 0.3) is 11.1 Å². The van der Waals surface area contributed by atoms with Crippen LogP contribution in [0.3, 0.4) is 0 Å². The van der Waals surface area contributed by atoms with Crippen LogP contribution in [0.4, 0.5) is 4.79 Å². The summed E-state index contributed by atoms with van der Waals surface area (Å²) in [6.07, 6.45) is 4.65. The summed E-state index contributed by atoms with van der Waals surface area (Å²) in [5.41, 5.74) is 1.73. The first-order valence-electron chi connectivity index (χ1n) is 13.0. The fourth-order valence-corrected chi connectivity index (χ4v) is 6.22. The molecule has 3 aromatic carbocycles. The second-order valence-electron chi connectivity index (χ2n) is 9.40. The minimum absolute atomic E-state index is 0.188. The van der Waals surface area contributed by atoms with Crippen LogP contribution in [0.5, 0.6) is 11.5 Å². The number of carbonyl (C=O) groups excluding carboxylic acids is 3. The molecule has 5 rings (SSSR count). The van der Waals surface area contributed by atoms with Gasteiger partial charge in [0.1, 0.15) is 13.2 Å². The molecule has 0 N–H and O–H groups in total. The first-order chi connectivity index (χ1) is 18.9. The van der Waals surface area contributed by atoms with E-state index >= 15 is 0 Å². The topological polar surface area (TPSA) is 76.2 Å². The lowest BCUT2D eigenvalue weighted by atomic mass is 10.1. The number of halogens is 1. The van der Waals surface area contributed by atoms with Gasteiger partial charge in [0.2, 0.25) is 5.91 Å². The van der Waals surface area contributed by atoms with Crippen LogP contribution >= 0.6 is 27.7 Å². The van der Waals surface area contributed by atoms with E-state index in [1.54, 1.807) is 17.0 Å². The Bertz CT molecular complexity index is 1450. The summed E-state index contributed by atoms with van der Waals surface area (Å²) in [7, 11) is 0. The summed E-state index contributed by atoms with van der Waals surface area (Å²) in [6, 6.07) is 17.9. The molecule has 2 fully saturated rings. The Labute approximate surface area is 240 Å². The molecule has 2 saturated heterocycles. The number of hydrogen-bond donors (Lipinski definition) is 0. The quantitative estimate of drug-likeness (QED) is 0.267. The molecule has 2 heterocycles. The number of rotatable bonds is 8. The molecule has 3 amide bonds. The van der Waals surface area contributed by atoms with Gasteiger partial charge in [-0.2, -0.15) is 0 Å². The molecule has 7 nitrogen and oxygen atoms in total. The normalized spacial score (nSPS) is 16.8. The van der Waals surface area contributed by atoms with Crippen molar-refractivity contribution in [3.8, 4) is 11.5 Å². The van der Waals surface area contributed by atoms with Crippen LogP contribution in [0.2, 0.25) is 0 Å². The summed E-state index contributed by atoms with van der Waals surface area (Å²) < 4.78 is 12.8. The number of benzene rings is 3. The highest BCUT2D eigenvalue weighted by molar-refractivity contribution is 9.10. The van der Waals surface area contributed by atoms with E-state index in [2.05, 4.69) is 34.1 Å². The van der Waals surface area contributed by atoms with E-state index in [-0.39, 0.29) is 17.4 Å². The number of amides is 3. The first kappa shape index (κ1) is 27.3. The fraction of sp³-hybridized carbons (Fsp3) is 0.300. The van der Waals surface area contributed by atoms with E-state index in [1.165, 1.54) is 0 Å². The van der Waals surface area contributed by atoms with Crippen molar-refractivity contribution in [2.45, 2.75) is 32.8 Å². The molecule has 0 aliphatic carbocycles. The fourth-order valence-electron chi connectivity index (χ4n) is 4.81. The number of carbonyl (C=O) groups is 3. The van der Waals surface area contributed by atoms with Gasteiger partial charge in [-0.3, -0.25) is 19.3 Å². The molecule has 2 aliphatic rings. The number of imide groups is 1. The SMILES string of the molecule is CCOc1cc(/C=C2\SC(=O)N(CC(=O)N3CCCCC3)C2=O)cc(Br)c1OCc1cccc2ccccc12. The van der Waals surface area contributed by atoms with Gasteiger partial charge >= 0.3 is 0 Å². The monoisotopic (exact) mass is 608 g/mol. The third kappa shape index (κ3) is 6.15. The van der Waals surface area contributed by atoms with Crippen LogP contribution in [0.1, 0.15) is 37.3 Å². The van der Waals surface area contributed by atoms with Gasteiger partial charge in [-0.25, -0.2) is 0 Å². The standard InChI is InChI=1S/C30H29BrN2O5S/c1-2-37-25-16-20(15-24(31)28(25)38-19-22-11-8-10-21-9-4-5-12-23(21)22)17-26-29(35)33(30(36)39-26)18-27(34)32-13-6-3-7-14-32/h4-5,8-12,15-17H,2-3,6-7,13-14,18-19H2,1H3/b26-17-. The number of likely N-dealkylation sites (tertiary alicyclic amines) is 1. The summed E-state index contributed by atoms with van der Waals surface area (Å²) in [6.45, 7) is 3.79. The first-order valence-corrected chi connectivity index (χ1v) is 14.6. The lowest BCUT2D eigenvalue weighted by Gasteiger charge is -2.27. The van der Waals surface area contributed by atoms with Gasteiger partial charge in [-0.15, -0.1) is 0 Å². The Morgan fingerprint density at radius 1 is 1.03 bits per heavy atom. The minimum atomic E-state index is -0.458. The molecule has 3 aromatic rings. The predicted molar refractivity (Wildman–Crippen MR) is 157 cm³/mol. The average molecular weight is 610 g/mol. The zero-order chi connectivity index (χ0) is 27.4. The van der Waals surface area contributed by atoms with Crippen molar-refractivity contribution >= 4 is 61.6 Å². The Morgan fingerprint density at radius 3 is 2.59 bits per heavy atom. The summed E-state index contributed by atoms with van der Waals surface area (Å²) >= 11 is 4.45. The van der Waals surface area contributed by atoms with Crippen molar-refractivity contribution in [1.82, 2.24) is 9.80 Å². The van der Waals surface area contributed by atoms with Gasteiger partial charge < -0.3 is 14.4 Å². The highest BCUT2D eigenvalue weighted by Crippen LogP contribution is 2.40. The molecule has 0 saturated carbocycles.